The molecule has 0 saturated heterocycles. The van der Waals surface area contributed by atoms with Gasteiger partial charge in [0.2, 0.25) is 0 Å². The second kappa shape index (κ2) is 8.92. The Morgan fingerprint density at radius 2 is 0.556 bits per heavy atom. The molecule has 0 aromatic carbocycles. The summed E-state index contributed by atoms with van der Waals surface area (Å²) in [6.07, 6.45) is -13.2. The summed E-state index contributed by atoms with van der Waals surface area (Å²) >= 11 is 0. The summed E-state index contributed by atoms with van der Waals surface area (Å²) in [7, 11) is -9.69. The van der Waals surface area contributed by atoms with Gasteiger partial charge < -0.3 is 16.8 Å². The van der Waals surface area contributed by atoms with Crippen molar-refractivity contribution in [2.75, 3.05) is 0 Å². The fourth-order valence-electron chi connectivity index (χ4n) is 0.539. The molecule has 21 heteroatoms. The average molecular weight is 567 g/mol. The Kier molecular flexibility index (Phi) is 10.3. The number of hydrogen-bond donors (Lipinski definition) is 0. The van der Waals surface area contributed by atoms with E-state index in [1.54, 1.807) is 0 Å². The standard InChI is InChI=1S/2C3F7O2S.Ru/c2*4-1(5,2(6,7)8)3(9,10)13(11)12;/q2*-1;+2. The molecule has 0 radical (unpaired) electrons. The van der Waals surface area contributed by atoms with Crippen molar-refractivity contribution in [3.8, 4) is 0 Å². The Bertz CT molecular complexity index is 573. The van der Waals surface area contributed by atoms with Crippen LogP contribution in [-0.2, 0) is 57.7 Å². The zero-order valence-corrected chi connectivity index (χ0v) is 14.5. The summed E-state index contributed by atoms with van der Waals surface area (Å²) in [5.74, 6) is -13.2. The number of hydrogen-bond acceptors (Lipinski definition) is 6. The van der Waals surface area contributed by atoms with Crippen LogP contribution in [0.2, 0.25) is 0 Å². The monoisotopic (exact) mass is 568 g/mol. The van der Waals surface area contributed by atoms with Crippen LogP contribution >= 0.6 is 0 Å². The van der Waals surface area contributed by atoms with Crippen LogP contribution in [0.15, 0.2) is 0 Å². The molecular weight excluding hydrogens is 567 g/mol. The van der Waals surface area contributed by atoms with Crippen molar-refractivity contribution in [1.29, 1.82) is 0 Å². The van der Waals surface area contributed by atoms with E-state index in [-0.39, 0.29) is 19.5 Å². The van der Waals surface area contributed by atoms with E-state index in [1.807, 2.05) is 0 Å². The zero-order chi connectivity index (χ0) is 22.2. The molecule has 0 aliphatic carbocycles. The van der Waals surface area contributed by atoms with Crippen molar-refractivity contribution < 1.29 is 97.8 Å². The summed E-state index contributed by atoms with van der Waals surface area (Å²) in [6.45, 7) is 0. The minimum atomic E-state index is -6.61. The van der Waals surface area contributed by atoms with E-state index in [1.165, 1.54) is 0 Å². The van der Waals surface area contributed by atoms with E-state index < -0.39 is 56.1 Å². The van der Waals surface area contributed by atoms with Crippen molar-refractivity contribution >= 4 is 21.4 Å². The van der Waals surface area contributed by atoms with Crippen LogP contribution < -0.4 is 0 Å². The smallest absolute Gasteiger partial charge is 0.418 e. The molecule has 0 aromatic rings. The SMILES string of the molecule is O=[S-](=O)C(F)(F)C(F)(F)C(F)(F)F.O=[S-](=O)C(F)(F)C(F)(F)C(F)(F)F.[Ru+2]. The third-order valence-corrected chi connectivity index (χ3v) is 3.21. The molecule has 0 bridgehead atoms. The van der Waals surface area contributed by atoms with E-state index in [0.29, 0.717) is 0 Å². The van der Waals surface area contributed by atoms with E-state index in [2.05, 4.69) is 0 Å². The normalized spacial score (nSPS) is 14.5. The van der Waals surface area contributed by atoms with Gasteiger partial charge in [-0.05, 0) is 21.4 Å². The third kappa shape index (κ3) is 6.26. The Labute approximate surface area is 154 Å². The van der Waals surface area contributed by atoms with Gasteiger partial charge in [-0.15, -0.1) is 0 Å². The predicted octanol–water partition coefficient (Wildman–Crippen LogP) is 4.17. The maximum atomic E-state index is 11.7. The van der Waals surface area contributed by atoms with Crippen LogP contribution in [0.25, 0.3) is 0 Å². The molecule has 166 valence electrons. The van der Waals surface area contributed by atoms with Gasteiger partial charge in [-0.3, -0.25) is 0 Å². The first-order valence-electron chi connectivity index (χ1n) is 4.72. The van der Waals surface area contributed by atoms with Crippen molar-refractivity contribution in [2.45, 2.75) is 34.7 Å². The molecule has 0 amide bonds. The van der Waals surface area contributed by atoms with Gasteiger partial charge >= 0.3 is 54.2 Å². The fraction of sp³-hybridized carbons (Fsp3) is 1.00. The Morgan fingerprint density at radius 3 is 0.593 bits per heavy atom. The fourth-order valence-corrected chi connectivity index (χ4v) is 1.19. The van der Waals surface area contributed by atoms with Gasteiger partial charge in [-0.2, -0.15) is 43.9 Å². The minimum Gasteiger partial charge on any atom is -0.418 e. The van der Waals surface area contributed by atoms with E-state index >= 15 is 0 Å². The second-order valence-corrected chi connectivity index (χ2v) is 5.61. The van der Waals surface area contributed by atoms with Crippen LogP contribution in [-0.4, -0.2) is 34.7 Å². The second-order valence-electron chi connectivity index (χ2n) is 3.65. The van der Waals surface area contributed by atoms with Crippen LogP contribution in [0.3, 0.4) is 0 Å². The molecule has 0 aliphatic rings. The Morgan fingerprint density at radius 1 is 0.407 bits per heavy atom. The van der Waals surface area contributed by atoms with Gasteiger partial charge in [-0.1, -0.05) is 0 Å². The zero-order valence-electron chi connectivity index (χ0n) is 11.1. The predicted molar refractivity (Wildman–Crippen MR) is 49.4 cm³/mol. The largest absolute Gasteiger partial charge is 2.00 e. The van der Waals surface area contributed by atoms with Crippen LogP contribution in [0, 0.1) is 0 Å². The van der Waals surface area contributed by atoms with Gasteiger partial charge in [0.1, 0.15) is 0 Å². The molecule has 0 heterocycles. The van der Waals surface area contributed by atoms with Crippen molar-refractivity contribution in [3.63, 3.8) is 0 Å². The first kappa shape index (κ1) is 31.2. The first-order chi connectivity index (χ1) is 10.9. The van der Waals surface area contributed by atoms with Gasteiger partial charge in [0.25, 0.3) is 0 Å². The van der Waals surface area contributed by atoms with Crippen LogP contribution in [0.5, 0.6) is 0 Å². The maximum absolute atomic E-state index is 11.7. The molecule has 0 saturated carbocycles. The van der Waals surface area contributed by atoms with Crippen LogP contribution in [0.4, 0.5) is 61.5 Å². The molecule has 0 aromatic heterocycles. The summed E-state index contributed by atoms with van der Waals surface area (Å²) in [6, 6.07) is 0. The van der Waals surface area contributed by atoms with E-state index in [0.717, 1.165) is 0 Å². The molecule has 0 fully saturated rings. The summed E-state index contributed by atoms with van der Waals surface area (Å²) < 4.78 is 198. The number of halogens is 14. The molecule has 0 rings (SSSR count). The summed E-state index contributed by atoms with van der Waals surface area (Å²) in [5.41, 5.74) is 0. The third-order valence-electron chi connectivity index (χ3n) is 1.86. The maximum Gasteiger partial charge on any atom is 2.00 e. The van der Waals surface area contributed by atoms with E-state index in [9.17, 15) is 78.3 Å². The Balaban J connectivity index is -0.000000411. The van der Waals surface area contributed by atoms with Crippen LogP contribution in [0.1, 0.15) is 0 Å². The molecular formula is C6F14O4RuS2. The molecule has 4 nitrogen and oxygen atoms in total. The molecule has 27 heavy (non-hydrogen) atoms. The topological polar surface area (TPSA) is 68.3 Å². The van der Waals surface area contributed by atoms with Crippen molar-refractivity contribution in [2.24, 2.45) is 0 Å². The average Bonchev–Trinajstić information content (AvgIpc) is 2.35. The molecule has 0 atom stereocenters. The molecule has 0 aliphatic heterocycles. The van der Waals surface area contributed by atoms with Crippen molar-refractivity contribution in [3.05, 3.63) is 0 Å². The Hall–Kier alpha value is -0.457. The first-order valence-corrected chi connectivity index (χ1v) is 6.87. The summed E-state index contributed by atoms with van der Waals surface area (Å²) in [5, 5.41) is -12.3. The number of alkyl halides is 14. The summed E-state index contributed by atoms with van der Waals surface area (Å²) in [4.78, 5) is 0. The number of rotatable bonds is 4. The van der Waals surface area contributed by atoms with Crippen molar-refractivity contribution in [1.82, 2.24) is 0 Å². The minimum absolute atomic E-state index is 0. The molecule has 0 N–H and O–H groups in total. The van der Waals surface area contributed by atoms with Gasteiger partial charge in [-0.25, -0.2) is 17.6 Å². The quantitative estimate of drug-likeness (QED) is 0.291. The van der Waals surface area contributed by atoms with E-state index in [4.69, 9.17) is 0 Å². The molecule has 0 unspecified atom stereocenters. The van der Waals surface area contributed by atoms with Gasteiger partial charge in [0.05, 0.1) is 0 Å². The molecule has 0 spiro atoms. The van der Waals surface area contributed by atoms with Gasteiger partial charge in [0.15, 0.2) is 0 Å². The van der Waals surface area contributed by atoms with Gasteiger partial charge in [0, 0.05) is 0 Å².